The molecule has 20 heavy (non-hydrogen) atoms. The molecule has 0 aliphatic heterocycles. The average molecular weight is 296 g/mol. The largest absolute Gasteiger partial charge is 0.405 e. The molecule has 0 saturated heterocycles. The first-order valence-electron chi connectivity index (χ1n) is 6.28. The highest BCUT2D eigenvalue weighted by Crippen LogP contribution is 2.28. The van der Waals surface area contributed by atoms with Crippen LogP contribution in [-0.2, 0) is 6.42 Å². The number of anilines is 1. The highest BCUT2D eigenvalue weighted by Gasteiger charge is 2.32. The fourth-order valence-electron chi connectivity index (χ4n) is 1.99. The van der Waals surface area contributed by atoms with Crippen molar-refractivity contribution in [1.82, 2.24) is 0 Å². The molecule has 2 nitrogen and oxygen atoms in total. The molecule has 7 heteroatoms. The Morgan fingerprint density at radius 1 is 1.15 bits per heavy atom. The Hall–Kier alpha value is -1.37. The van der Waals surface area contributed by atoms with Crippen molar-refractivity contribution >= 4 is 5.69 Å². The molecule has 1 aromatic rings. The summed E-state index contributed by atoms with van der Waals surface area (Å²) in [6.45, 7) is 0.385. The van der Waals surface area contributed by atoms with Gasteiger partial charge in [-0.15, -0.1) is 0 Å². The van der Waals surface area contributed by atoms with Crippen molar-refractivity contribution in [2.75, 3.05) is 24.5 Å². The van der Waals surface area contributed by atoms with Gasteiger partial charge in [0.2, 0.25) is 0 Å². The summed E-state index contributed by atoms with van der Waals surface area (Å²) in [6.07, 6.45) is -3.91. The maximum Gasteiger partial charge on any atom is 0.405 e. The van der Waals surface area contributed by atoms with Gasteiger partial charge in [0, 0.05) is 6.54 Å². The van der Waals surface area contributed by atoms with Crippen molar-refractivity contribution in [2.45, 2.75) is 25.9 Å². The lowest BCUT2D eigenvalue weighted by Crippen LogP contribution is -2.36. The standard InChI is InChI=1S/C13H17F5N2/c1-2-5-20(8-13(16,17)18)12-10(14)6-9(3-4-19)7-11(12)15/h6-7H,2-5,8,19H2,1H3. The molecule has 0 heterocycles. The third kappa shape index (κ3) is 4.63. The zero-order valence-electron chi connectivity index (χ0n) is 11.1. The van der Waals surface area contributed by atoms with Crippen LogP contribution in [0.4, 0.5) is 27.6 Å². The lowest BCUT2D eigenvalue weighted by atomic mass is 10.1. The molecule has 0 bridgehead atoms. The molecule has 0 aromatic heterocycles. The molecule has 1 rings (SSSR count). The summed E-state index contributed by atoms with van der Waals surface area (Å²) < 4.78 is 65.2. The molecule has 0 saturated carbocycles. The number of halogens is 5. The predicted molar refractivity (Wildman–Crippen MR) is 67.7 cm³/mol. The maximum atomic E-state index is 13.9. The Morgan fingerprint density at radius 3 is 2.10 bits per heavy atom. The van der Waals surface area contributed by atoms with Crippen LogP contribution < -0.4 is 10.6 Å². The van der Waals surface area contributed by atoms with Crippen molar-refractivity contribution in [1.29, 1.82) is 0 Å². The lowest BCUT2D eigenvalue weighted by molar-refractivity contribution is -0.119. The van der Waals surface area contributed by atoms with Gasteiger partial charge in [-0.3, -0.25) is 0 Å². The van der Waals surface area contributed by atoms with E-state index < -0.39 is 30.0 Å². The smallest absolute Gasteiger partial charge is 0.358 e. The monoisotopic (exact) mass is 296 g/mol. The van der Waals surface area contributed by atoms with Gasteiger partial charge in [-0.1, -0.05) is 6.92 Å². The van der Waals surface area contributed by atoms with Gasteiger partial charge < -0.3 is 10.6 Å². The third-order valence-electron chi connectivity index (χ3n) is 2.69. The van der Waals surface area contributed by atoms with Gasteiger partial charge in [0.05, 0.1) is 0 Å². The van der Waals surface area contributed by atoms with Gasteiger partial charge in [-0.25, -0.2) is 8.78 Å². The Morgan fingerprint density at radius 2 is 1.70 bits per heavy atom. The molecule has 0 atom stereocenters. The lowest BCUT2D eigenvalue weighted by Gasteiger charge is -2.26. The zero-order chi connectivity index (χ0) is 15.3. The molecule has 0 unspecified atom stereocenters. The third-order valence-corrected chi connectivity index (χ3v) is 2.69. The van der Waals surface area contributed by atoms with E-state index in [2.05, 4.69) is 0 Å². The average Bonchev–Trinajstić information content (AvgIpc) is 2.26. The van der Waals surface area contributed by atoms with E-state index in [1.807, 2.05) is 0 Å². The topological polar surface area (TPSA) is 29.3 Å². The number of alkyl halides is 3. The molecule has 0 aliphatic carbocycles. The van der Waals surface area contributed by atoms with Crippen LogP contribution in [0.5, 0.6) is 0 Å². The molecule has 0 amide bonds. The van der Waals surface area contributed by atoms with E-state index in [1.165, 1.54) is 0 Å². The van der Waals surface area contributed by atoms with Crippen molar-refractivity contribution in [2.24, 2.45) is 5.73 Å². The van der Waals surface area contributed by atoms with Crippen molar-refractivity contribution in [3.05, 3.63) is 29.3 Å². The Balaban J connectivity index is 3.13. The van der Waals surface area contributed by atoms with Crippen molar-refractivity contribution < 1.29 is 22.0 Å². The Labute approximate surface area is 114 Å². The molecule has 0 radical (unpaired) electrons. The number of nitrogens with two attached hydrogens (primary N) is 1. The number of nitrogens with zero attached hydrogens (tertiary/aromatic N) is 1. The Kier molecular flexibility index (Phi) is 5.74. The van der Waals surface area contributed by atoms with Crippen molar-refractivity contribution in [3.8, 4) is 0 Å². The first-order valence-corrected chi connectivity index (χ1v) is 6.28. The molecule has 114 valence electrons. The van der Waals surface area contributed by atoms with Gasteiger partial charge in [0.1, 0.15) is 23.9 Å². The van der Waals surface area contributed by atoms with Crippen LogP contribution in [0.2, 0.25) is 0 Å². The molecule has 2 N–H and O–H groups in total. The zero-order valence-corrected chi connectivity index (χ0v) is 11.1. The van der Waals surface area contributed by atoms with Crippen LogP contribution in [-0.4, -0.2) is 25.8 Å². The fraction of sp³-hybridized carbons (Fsp3) is 0.538. The van der Waals surface area contributed by atoms with Crippen molar-refractivity contribution in [3.63, 3.8) is 0 Å². The van der Waals surface area contributed by atoms with E-state index in [9.17, 15) is 22.0 Å². The van der Waals surface area contributed by atoms with Crippen LogP contribution in [0.15, 0.2) is 12.1 Å². The van der Waals surface area contributed by atoms with Crippen LogP contribution >= 0.6 is 0 Å². The first-order chi connectivity index (χ1) is 9.28. The molecule has 0 fully saturated rings. The van der Waals surface area contributed by atoms with Crippen LogP contribution in [0, 0.1) is 11.6 Å². The highest BCUT2D eigenvalue weighted by atomic mass is 19.4. The number of benzene rings is 1. The minimum atomic E-state index is -4.52. The summed E-state index contributed by atoms with van der Waals surface area (Å²) in [5.41, 5.74) is 4.98. The van der Waals surface area contributed by atoms with Crippen LogP contribution in [0.25, 0.3) is 0 Å². The van der Waals surface area contributed by atoms with Gasteiger partial charge >= 0.3 is 6.18 Å². The SMILES string of the molecule is CCCN(CC(F)(F)F)c1c(F)cc(CCN)cc1F. The minimum absolute atomic E-state index is 0.0798. The number of hydrogen-bond donors (Lipinski definition) is 1. The molecular formula is C13H17F5N2. The summed E-state index contributed by atoms with van der Waals surface area (Å²) in [5, 5.41) is 0. The molecule has 0 spiro atoms. The predicted octanol–water partition coefficient (Wildman–Crippen LogP) is 3.24. The van der Waals surface area contributed by atoms with E-state index in [0.29, 0.717) is 16.9 Å². The molecule has 0 aliphatic rings. The summed E-state index contributed by atoms with van der Waals surface area (Å²) >= 11 is 0. The first kappa shape index (κ1) is 16.7. The normalized spacial score (nSPS) is 11.8. The Bertz CT molecular complexity index is 422. The van der Waals surface area contributed by atoms with Crippen LogP contribution in [0.1, 0.15) is 18.9 Å². The van der Waals surface area contributed by atoms with E-state index in [-0.39, 0.29) is 19.5 Å². The quantitative estimate of drug-likeness (QED) is 0.817. The van der Waals surface area contributed by atoms with E-state index in [4.69, 9.17) is 5.73 Å². The molecule has 1 aromatic carbocycles. The van der Waals surface area contributed by atoms with Gasteiger partial charge in [0.25, 0.3) is 0 Å². The minimum Gasteiger partial charge on any atom is -0.358 e. The summed E-state index contributed by atoms with van der Waals surface area (Å²) in [4.78, 5) is 0.677. The number of rotatable bonds is 6. The highest BCUT2D eigenvalue weighted by molar-refractivity contribution is 5.51. The second-order valence-electron chi connectivity index (χ2n) is 4.48. The summed E-state index contributed by atoms with van der Waals surface area (Å²) in [7, 11) is 0. The van der Waals surface area contributed by atoms with E-state index in [1.54, 1.807) is 6.92 Å². The van der Waals surface area contributed by atoms with Gasteiger partial charge in [-0.2, -0.15) is 13.2 Å². The maximum absolute atomic E-state index is 13.9. The fourth-order valence-corrected chi connectivity index (χ4v) is 1.99. The van der Waals surface area contributed by atoms with E-state index >= 15 is 0 Å². The van der Waals surface area contributed by atoms with Gasteiger partial charge in [0.15, 0.2) is 0 Å². The number of hydrogen-bond acceptors (Lipinski definition) is 2. The second-order valence-corrected chi connectivity index (χ2v) is 4.48. The summed E-state index contributed by atoms with van der Waals surface area (Å²) in [5.74, 6) is -1.99. The van der Waals surface area contributed by atoms with E-state index in [0.717, 1.165) is 12.1 Å². The van der Waals surface area contributed by atoms with Gasteiger partial charge in [-0.05, 0) is 37.1 Å². The molecular weight excluding hydrogens is 279 g/mol. The summed E-state index contributed by atoms with van der Waals surface area (Å²) in [6, 6.07) is 2.06. The van der Waals surface area contributed by atoms with Crippen LogP contribution in [0.3, 0.4) is 0 Å². The second kappa shape index (κ2) is 6.88.